The largest absolute Gasteiger partial charge is 0.469 e. The molecule has 3 aliphatic rings. The van der Waals surface area contributed by atoms with E-state index in [1.165, 1.54) is 7.11 Å². The Morgan fingerprint density at radius 2 is 1.86 bits per heavy atom. The molecular weight excluding hydrogens is 630 g/mol. The number of hydrogen-bond acceptors (Lipinski definition) is 11. The molecule has 0 radical (unpaired) electrons. The van der Waals surface area contributed by atoms with Gasteiger partial charge in [0.15, 0.2) is 23.4 Å². The highest BCUT2D eigenvalue weighted by Gasteiger charge is 2.61. The van der Waals surface area contributed by atoms with E-state index >= 15 is 0 Å². The third-order valence-electron chi connectivity index (χ3n) is 9.43. The average Bonchev–Trinajstić information content (AvgIpc) is 3.81. The molecule has 4 N–H and O–H groups in total. The fourth-order valence-electron chi connectivity index (χ4n) is 7.05. The number of aliphatic hydroxyl groups excluding tert-OH is 1. The van der Waals surface area contributed by atoms with Gasteiger partial charge in [-0.1, -0.05) is 58.0 Å². The summed E-state index contributed by atoms with van der Waals surface area (Å²) in [6.07, 6.45) is -1.55. The Labute approximate surface area is 282 Å². The molecule has 5 heterocycles. The molecule has 0 saturated carbocycles. The number of hydrogen-bond donors (Lipinski definition) is 4. The minimum absolute atomic E-state index is 0.00206. The highest BCUT2D eigenvalue weighted by Crippen LogP contribution is 2.59. The molecule has 1 spiro atoms. The number of anilines is 1. The lowest BCUT2D eigenvalue weighted by molar-refractivity contribution is -0.135. The summed E-state index contributed by atoms with van der Waals surface area (Å²) in [6.45, 7) is 9.26. The number of nitrogens with zero attached hydrogens (tertiary/aromatic N) is 2. The molecular formula is C36H39N5O8. The summed E-state index contributed by atoms with van der Waals surface area (Å²) in [5.74, 6) is -0.493. The van der Waals surface area contributed by atoms with E-state index < -0.39 is 47.6 Å². The van der Waals surface area contributed by atoms with Crippen LogP contribution in [0.25, 0.3) is 11.6 Å². The van der Waals surface area contributed by atoms with Crippen molar-refractivity contribution < 1.29 is 37.8 Å². The van der Waals surface area contributed by atoms with Gasteiger partial charge in [0, 0.05) is 17.7 Å². The molecule has 256 valence electrons. The maximum atomic E-state index is 14.0. The second-order valence-electron chi connectivity index (χ2n) is 13.6. The van der Waals surface area contributed by atoms with E-state index in [9.17, 15) is 19.5 Å². The summed E-state index contributed by atoms with van der Waals surface area (Å²) >= 11 is 0. The van der Waals surface area contributed by atoms with E-state index in [-0.39, 0.29) is 53.6 Å². The highest BCUT2D eigenvalue weighted by molar-refractivity contribution is 5.90. The molecule has 5 atom stereocenters. The minimum Gasteiger partial charge on any atom is -0.469 e. The smallest absolute Gasteiger partial charge is 0.360 e. The molecule has 49 heavy (non-hydrogen) atoms. The summed E-state index contributed by atoms with van der Waals surface area (Å²) in [4.78, 5) is 49.2. The van der Waals surface area contributed by atoms with Crippen molar-refractivity contribution in [2.75, 3.05) is 12.4 Å². The van der Waals surface area contributed by atoms with E-state index in [4.69, 9.17) is 23.3 Å². The zero-order valence-electron chi connectivity index (χ0n) is 28.1. The second-order valence-corrected chi connectivity index (χ2v) is 13.6. The van der Waals surface area contributed by atoms with Crippen molar-refractivity contribution in [1.29, 1.82) is 0 Å². The Morgan fingerprint density at radius 3 is 2.59 bits per heavy atom. The molecule has 2 aromatic carbocycles. The van der Waals surface area contributed by atoms with Gasteiger partial charge in [-0.3, -0.25) is 9.59 Å². The van der Waals surface area contributed by atoms with Crippen molar-refractivity contribution in [2.24, 2.45) is 11.8 Å². The Bertz CT molecular complexity index is 1960. The molecule has 13 nitrogen and oxygen atoms in total. The second kappa shape index (κ2) is 12.1. The van der Waals surface area contributed by atoms with Crippen LogP contribution in [0.1, 0.15) is 84.7 Å². The van der Waals surface area contributed by atoms with Crippen molar-refractivity contribution in [1.82, 2.24) is 20.6 Å². The van der Waals surface area contributed by atoms with Gasteiger partial charge < -0.3 is 39.4 Å². The van der Waals surface area contributed by atoms with Gasteiger partial charge in [-0.05, 0) is 48.4 Å². The number of methoxy groups -OCH3 is 1. The van der Waals surface area contributed by atoms with Gasteiger partial charge in [0.2, 0.25) is 23.6 Å². The van der Waals surface area contributed by atoms with Gasteiger partial charge in [0.05, 0.1) is 7.11 Å². The van der Waals surface area contributed by atoms with Crippen LogP contribution in [0, 0.1) is 18.8 Å². The van der Waals surface area contributed by atoms with E-state index in [0.717, 1.165) is 22.4 Å². The van der Waals surface area contributed by atoms with Gasteiger partial charge >= 0.3 is 5.97 Å². The Balaban J connectivity index is 1.46. The SMILES string of the molecule is COC(=O)c1nc(-c2nc3oc2C24c5ccccc5NC2Oc2ccc(cc24)C[C@H](NC(=O)[C@@H](O)CC(C)C)C(=O)N[C@H]3C(C)C)oc1C. The number of nitrogens with one attached hydrogen (secondary N) is 3. The molecule has 7 rings (SSSR count). The quantitative estimate of drug-likeness (QED) is 0.208. The van der Waals surface area contributed by atoms with Crippen LogP contribution >= 0.6 is 0 Å². The number of carbonyl (C=O) groups is 3. The van der Waals surface area contributed by atoms with Gasteiger partial charge in [-0.15, -0.1) is 0 Å². The Hall–Kier alpha value is -5.17. The first-order valence-corrected chi connectivity index (χ1v) is 16.4. The lowest BCUT2D eigenvalue weighted by Crippen LogP contribution is -2.52. The number of amides is 2. The molecule has 3 aliphatic heterocycles. The fraction of sp³-hybridized carbons (Fsp3) is 0.417. The topological polar surface area (TPSA) is 178 Å². The van der Waals surface area contributed by atoms with E-state index in [0.29, 0.717) is 11.5 Å². The van der Waals surface area contributed by atoms with E-state index in [2.05, 4.69) is 20.9 Å². The Morgan fingerprint density at radius 1 is 1.08 bits per heavy atom. The Kier molecular flexibility index (Phi) is 7.97. The monoisotopic (exact) mass is 669 g/mol. The summed E-state index contributed by atoms with van der Waals surface area (Å²) in [5.41, 5.74) is 2.32. The van der Waals surface area contributed by atoms with Gasteiger partial charge in [-0.2, -0.15) is 0 Å². The number of carbonyl (C=O) groups excluding carboxylic acids is 3. The van der Waals surface area contributed by atoms with E-state index in [1.54, 1.807) is 6.92 Å². The predicted octanol–water partition coefficient (Wildman–Crippen LogP) is 4.16. The molecule has 0 aliphatic carbocycles. The van der Waals surface area contributed by atoms with Crippen LogP contribution in [0.4, 0.5) is 5.69 Å². The number of fused-ring (bicyclic) bond motifs is 4. The normalized spacial score (nSPS) is 22.6. The average molecular weight is 670 g/mol. The maximum Gasteiger partial charge on any atom is 0.360 e. The molecule has 4 aromatic rings. The van der Waals surface area contributed by atoms with Crippen molar-refractivity contribution >= 4 is 23.5 Å². The number of oxazole rings is 2. The lowest BCUT2D eigenvalue weighted by atomic mass is 9.72. The molecule has 0 saturated heterocycles. The predicted molar refractivity (Wildman–Crippen MR) is 176 cm³/mol. The van der Waals surface area contributed by atoms with Gasteiger partial charge in [-0.25, -0.2) is 14.8 Å². The zero-order chi connectivity index (χ0) is 34.8. The van der Waals surface area contributed by atoms with Crippen LogP contribution in [0.2, 0.25) is 0 Å². The van der Waals surface area contributed by atoms with Crippen molar-refractivity contribution in [3.63, 3.8) is 0 Å². The molecule has 13 heteroatoms. The van der Waals surface area contributed by atoms with Crippen LogP contribution in [0.15, 0.2) is 51.3 Å². The van der Waals surface area contributed by atoms with Crippen LogP contribution in [0.3, 0.4) is 0 Å². The number of aryl methyl sites for hydroxylation is 1. The lowest BCUT2D eigenvalue weighted by Gasteiger charge is -2.29. The summed E-state index contributed by atoms with van der Waals surface area (Å²) < 4.78 is 24.4. The fourth-order valence-corrected chi connectivity index (χ4v) is 7.05. The first kappa shape index (κ1) is 32.4. The number of benzene rings is 2. The van der Waals surface area contributed by atoms with E-state index in [1.807, 2.05) is 70.2 Å². The van der Waals surface area contributed by atoms with Gasteiger partial charge in [0.1, 0.15) is 35.1 Å². The highest BCUT2D eigenvalue weighted by atomic mass is 16.5. The third kappa shape index (κ3) is 5.23. The molecule has 2 aromatic heterocycles. The van der Waals surface area contributed by atoms with Crippen LogP contribution in [-0.4, -0.2) is 58.3 Å². The van der Waals surface area contributed by atoms with Crippen LogP contribution in [-0.2, 0) is 26.2 Å². The summed E-state index contributed by atoms with van der Waals surface area (Å²) in [5, 5.41) is 20.0. The number of rotatable bonds is 7. The van der Waals surface area contributed by atoms with Crippen molar-refractivity contribution in [3.05, 3.63) is 82.3 Å². The number of para-hydroxylation sites is 1. The van der Waals surface area contributed by atoms with Crippen LogP contribution < -0.4 is 20.7 Å². The molecule has 2 unspecified atom stereocenters. The first-order chi connectivity index (χ1) is 23.4. The molecule has 2 amide bonds. The maximum absolute atomic E-state index is 14.0. The number of aromatic nitrogens is 2. The molecule has 4 bridgehead atoms. The third-order valence-corrected chi connectivity index (χ3v) is 9.43. The van der Waals surface area contributed by atoms with Crippen molar-refractivity contribution in [2.45, 2.75) is 77.3 Å². The summed E-state index contributed by atoms with van der Waals surface area (Å²) in [7, 11) is 1.27. The first-order valence-electron chi connectivity index (χ1n) is 16.4. The number of aliphatic hydroxyl groups is 1. The minimum atomic E-state index is -1.27. The van der Waals surface area contributed by atoms with Crippen LogP contribution in [0.5, 0.6) is 5.75 Å². The number of esters is 1. The van der Waals surface area contributed by atoms with Crippen molar-refractivity contribution in [3.8, 4) is 17.3 Å². The standard InChI is InChI=1S/C36H39N5O8/c1-16(2)13-24(42)31(44)37-23-15-19-11-12-25-21(14-19)36(20-9-7-8-10-22(20)38-35(36)48-25)29-28(33-40-27(18(5)47-33)34(45)46-6)41-32(49-29)26(17(3)4)39-30(23)43/h7-12,14,16-17,23-24,26,35,38,42H,13,15H2,1-6H3,(H,37,44)(H,39,43)/t23-,24-,26-,35?,36?/m0/s1. The zero-order valence-corrected chi connectivity index (χ0v) is 28.1. The van der Waals surface area contributed by atoms with Gasteiger partial charge in [0.25, 0.3) is 0 Å². The molecule has 0 fully saturated rings. The summed E-state index contributed by atoms with van der Waals surface area (Å²) in [6, 6.07) is 11.7. The number of ether oxygens (including phenoxy) is 2.